The zero-order valence-electron chi connectivity index (χ0n) is 9.23. The van der Waals surface area contributed by atoms with Crippen molar-refractivity contribution in [2.75, 3.05) is 7.11 Å². The van der Waals surface area contributed by atoms with Gasteiger partial charge >= 0.3 is 5.97 Å². The van der Waals surface area contributed by atoms with Crippen molar-refractivity contribution >= 4 is 12.3 Å². The number of aldehydes is 1. The van der Waals surface area contributed by atoms with E-state index >= 15 is 0 Å². The van der Waals surface area contributed by atoms with Gasteiger partial charge in [-0.05, 0) is 18.6 Å². The number of carbonyl (C=O) groups excluding carboxylic acids is 2. The van der Waals surface area contributed by atoms with Gasteiger partial charge in [0.1, 0.15) is 0 Å². The summed E-state index contributed by atoms with van der Waals surface area (Å²) in [5, 5.41) is 0. The fourth-order valence-corrected chi connectivity index (χ4v) is 1.20. The van der Waals surface area contributed by atoms with Crippen molar-refractivity contribution in [3.05, 3.63) is 30.2 Å². The second-order valence-corrected chi connectivity index (χ2v) is 3.03. The van der Waals surface area contributed by atoms with Crippen LogP contribution in [0.25, 0.3) is 0 Å². The summed E-state index contributed by atoms with van der Waals surface area (Å²) in [7, 11) is 1.45. The predicted octanol–water partition coefficient (Wildman–Crippen LogP) is 2.03. The third-order valence-corrected chi connectivity index (χ3v) is 1.93. The molecule has 0 amide bonds. The molecule has 16 heavy (non-hydrogen) atoms. The molecule has 85 valence electrons. The molecule has 0 spiro atoms. The van der Waals surface area contributed by atoms with Crippen molar-refractivity contribution in [1.29, 1.82) is 0 Å². The van der Waals surface area contributed by atoms with Gasteiger partial charge in [-0.25, -0.2) is 0 Å². The Kier molecular flexibility index (Phi) is 4.51. The lowest BCUT2D eigenvalue weighted by molar-refractivity contribution is -0.130. The van der Waals surface area contributed by atoms with Crippen molar-refractivity contribution in [2.45, 2.75) is 13.3 Å². The number of para-hydroxylation sites is 1. The van der Waals surface area contributed by atoms with Gasteiger partial charge in [-0.1, -0.05) is 13.0 Å². The maximum Gasteiger partial charge on any atom is 0.315 e. The number of hydrogen-bond acceptors (Lipinski definition) is 4. The lowest BCUT2D eigenvalue weighted by Gasteiger charge is -2.10. The van der Waals surface area contributed by atoms with Crippen molar-refractivity contribution in [2.24, 2.45) is 0 Å². The molecule has 0 fully saturated rings. The number of carbonyl (C=O) groups is 2. The first-order valence-electron chi connectivity index (χ1n) is 4.90. The fraction of sp³-hybridized carbons (Fsp3) is 0.250. The molecule has 0 aliphatic heterocycles. The highest BCUT2D eigenvalue weighted by Gasteiger charge is 2.13. The topological polar surface area (TPSA) is 52.6 Å². The summed E-state index contributed by atoms with van der Waals surface area (Å²) in [6.07, 6.45) is 2.59. The molecule has 1 aromatic rings. The van der Waals surface area contributed by atoms with E-state index in [1.54, 1.807) is 18.2 Å². The first-order valence-corrected chi connectivity index (χ1v) is 4.90. The largest absolute Gasteiger partial charge is 0.493 e. The lowest BCUT2D eigenvalue weighted by Crippen LogP contribution is -2.10. The number of esters is 1. The molecule has 0 aliphatic rings. The van der Waals surface area contributed by atoms with Crippen LogP contribution in [0.4, 0.5) is 0 Å². The molecule has 0 N–H and O–H groups in total. The summed E-state index contributed by atoms with van der Waals surface area (Å²) in [6.45, 7) is 1.82. The van der Waals surface area contributed by atoms with Gasteiger partial charge in [0.25, 0.3) is 0 Å². The summed E-state index contributed by atoms with van der Waals surface area (Å²) in [6, 6.07) is 4.84. The van der Waals surface area contributed by atoms with Crippen LogP contribution in [0.1, 0.15) is 23.7 Å². The Bertz CT molecular complexity index is 385. The van der Waals surface area contributed by atoms with Crippen LogP contribution < -0.4 is 9.47 Å². The molecule has 0 unspecified atom stereocenters. The van der Waals surface area contributed by atoms with E-state index in [4.69, 9.17) is 9.47 Å². The van der Waals surface area contributed by atoms with Gasteiger partial charge in [-0.15, -0.1) is 0 Å². The van der Waals surface area contributed by atoms with Gasteiger partial charge < -0.3 is 9.47 Å². The van der Waals surface area contributed by atoms with Crippen LogP contribution >= 0.6 is 0 Å². The van der Waals surface area contributed by atoms with E-state index in [-0.39, 0.29) is 11.3 Å². The lowest BCUT2D eigenvalue weighted by atomic mass is 10.2. The average molecular weight is 221 g/mol. The summed E-state index contributed by atoms with van der Waals surface area (Å²) in [5.41, 5.74) is 0.289. The molecule has 0 atom stereocenters. The number of ether oxygens (including phenoxy) is 2. The van der Waals surface area contributed by atoms with E-state index < -0.39 is 5.97 Å². The van der Waals surface area contributed by atoms with Gasteiger partial charge in [0.15, 0.2) is 17.8 Å². The Labute approximate surface area is 94.2 Å². The van der Waals surface area contributed by atoms with Crippen LogP contribution in [0.3, 0.4) is 0 Å². The predicted molar refractivity (Wildman–Crippen MR) is 58.6 cm³/mol. The minimum atomic E-state index is -0.491. The molecule has 1 rings (SSSR count). The van der Waals surface area contributed by atoms with Crippen LogP contribution in [0.15, 0.2) is 18.2 Å². The van der Waals surface area contributed by atoms with Crippen LogP contribution in [-0.4, -0.2) is 19.4 Å². The maximum atomic E-state index is 11.3. The number of methoxy groups -OCH3 is 1. The second-order valence-electron chi connectivity index (χ2n) is 3.03. The number of hydrogen-bond donors (Lipinski definition) is 0. The maximum absolute atomic E-state index is 11.3. The molecule has 4 nitrogen and oxygen atoms in total. The fourth-order valence-electron chi connectivity index (χ4n) is 1.20. The molecular weight excluding hydrogens is 208 g/mol. The first-order chi connectivity index (χ1) is 7.72. The Morgan fingerprint density at radius 1 is 1.44 bits per heavy atom. The van der Waals surface area contributed by atoms with E-state index in [2.05, 4.69) is 0 Å². The number of benzene rings is 1. The van der Waals surface area contributed by atoms with Gasteiger partial charge in [0.05, 0.1) is 19.1 Å². The second kappa shape index (κ2) is 5.90. The Morgan fingerprint density at radius 2 is 2.19 bits per heavy atom. The van der Waals surface area contributed by atoms with Crippen LogP contribution in [-0.2, 0) is 4.79 Å². The normalized spacial score (nSPS) is 9.62. The highest BCUT2D eigenvalue weighted by Crippen LogP contribution is 2.30. The monoisotopic (exact) mass is 221 g/mol. The van der Waals surface area contributed by atoms with Crippen LogP contribution in [0.5, 0.6) is 11.5 Å². The highest BCUT2D eigenvalue weighted by molar-refractivity contribution is 5.87. The van der Waals surface area contributed by atoms with E-state index in [0.717, 1.165) is 0 Å². The first kappa shape index (κ1) is 12.2. The van der Waals surface area contributed by atoms with E-state index in [1.807, 2.05) is 6.92 Å². The molecule has 0 saturated heterocycles. The van der Waals surface area contributed by atoms with Gasteiger partial charge in [-0.2, -0.15) is 0 Å². The Morgan fingerprint density at radius 3 is 2.75 bits per heavy atom. The standard InChI is InChI=1S/C12H13O4/c1-3-5-11(14)16-12-9(8-13)6-4-7-10(12)15-2/h4-8H,3H2,1-2H3. The summed E-state index contributed by atoms with van der Waals surface area (Å²) < 4.78 is 10.1. The highest BCUT2D eigenvalue weighted by atomic mass is 16.6. The minimum absolute atomic E-state index is 0.162. The summed E-state index contributed by atoms with van der Waals surface area (Å²) in [5.74, 6) is 0.0345. The Balaban J connectivity index is 2.99. The van der Waals surface area contributed by atoms with Crippen molar-refractivity contribution in [3.8, 4) is 11.5 Å². The Hall–Kier alpha value is -1.84. The minimum Gasteiger partial charge on any atom is -0.493 e. The van der Waals surface area contributed by atoms with Gasteiger partial charge in [-0.3, -0.25) is 9.59 Å². The molecular formula is C12H13O4. The molecule has 0 aromatic heterocycles. The molecule has 0 heterocycles. The summed E-state index contributed by atoms with van der Waals surface area (Å²) >= 11 is 0. The molecule has 4 heteroatoms. The SMILES string of the molecule is CC[CH]C(=O)Oc1c(C=O)cccc1OC. The molecule has 0 aliphatic carbocycles. The van der Waals surface area contributed by atoms with E-state index in [9.17, 15) is 9.59 Å². The third-order valence-electron chi connectivity index (χ3n) is 1.93. The van der Waals surface area contributed by atoms with Gasteiger partial charge in [0, 0.05) is 0 Å². The van der Waals surface area contributed by atoms with E-state index in [0.29, 0.717) is 18.5 Å². The van der Waals surface area contributed by atoms with Gasteiger partial charge in [0.2, 0.25) is 0 Å². The molecule has 0 saturated carbocycles. The summed E-state index contributed by atoms with van der Waals surface area (Å²) in [4.78, 5) is 22.1. The zero-order chi connectivity index (χ0) is 12.0. The smallest absolute Gasteiger partial charge is 0.315 e. The van der Waals surface area contributed by atoms with Crippen molar-refractivity contribution in [1.82, 2.24) is 0 Å². The van der Waals surface area contributed by atoms with Crippen LogP contribution in [0, 0.1) is 6.42 Å². The van der Waals surface area contributed by atoms with Crippen molar-refractivity contribution in [3.63, 3.8) is 0 Å². The quantitative estimate of drug-likeness (QED) is 0.433. The average Bonchev–Trinajstić information content (AvgIpc) is 2.29. The zero-order valence-corrected chi connectivity index (χ0v) is 9.23. The third kappa shape index (κ3) is 2.82. The number of rotatable bonds is 5. The molecule has 1 radical (unpaired) electrons. The van der Waals surface area contributed by atoms with E-state index in [1.165, 1.54) is 13.5 Å². The molecule has 0 bridgehead atoms. The molecule has 1 aromatic carbocycles. The van der Waals surface area contributed by atoms with Crippen LogP contribution in [0.2, 0.25) is 0 Å². The van der Waals surface area contributed by atoms with Crippen molar-refractivity contribution < 1.29 is 19.1 Å².